The first-order chi connectivity index (χ1) is 7.65. The lowest BCUT2D eigenvalue weighted by molar-refractivity contribution is -0.120. The molecule has 1 saturated carbocycles. The number of benzene rings is 1. The van der Waals surface area contributed by atoms with Crippen LogP contribution >= 0.6 is 11.8 Å². The van der Waals surface area contributed by atoms with Crippen molar-refractivity contribution in [3.8, 4) is 0 Å². The van der Waals surface area contributed by atoms with Gasteiger partial charge in [0.25, 0.3) is 0 Å². The topological polar surface area (TPSA) is 17.1 Å². The van der Waals surface area contributed by atoms with E-state index in [1.54, 1.807) is 0 Å². The highest BCUT2D eigenvalue weighted by molar-refractivity contribution is 8.00. The summed E-state index contributed by atoms with van der Waals surface area (Å²) in [5.41, 5.74) is 0. The third-order valence-corrected chi connectivity index (χ3v) is 3.95. The van der Waals surface area contributed by atoms with Crippen LogP contribution in [0, 0.1) is 11.6 Å². The van der Waals surface area contributed by atoms with Crippen molar-refractivity contribution in [1.82, 2.24) is 0 Å². The molecule has 1 aromatic rings. The van der Waals surface area contributed by atoms with Crippen LogP contribution in [0.25, 0.3) is 0 Å². The fourth-order valence-electron chi connectivity index (χ4n) is 1.84. The van der Waals surface area contributed by atoms with E-state index in [1.807, 2.05) is 0 Å². The average Bonchev–Trinajstić information content (AvgIpc) is 2.22. The molecule has 4 heteroatoms. The third kappa shape index (κ3) is 2.82. The van der Waals surface area contributed by atoms with Crippen molar-refractivity contribution in [1.29, 1.82) is 0 Å². The molecule has 2 rings (SSSR count). The molecule has 0 heterocycles. The van der Waals surface area contributed by atoms with Crippen molar-refractivity contribution in [2.75, 3.05) is 0 Å². The summed E-state index contributed by atoms with van der Waals surface area (Å²) in [4.78, 5) is 11.7. The van der Waals surface area contributed by atoms with E-state index in [9.17, 15) is 13.6 Å². The molecule has 0 radical (unpaired) electrons. The highest BCUT2D eigenvalue weighted by atomic mass is 32.2. The number of carbonyl (C=O) groups excluding carboxylic acids is 1. The van der Waals surface area contributed by atoms with Gasteiger partial charge in [0, 0.05) is 29.1 Å². The molecule has 1 atom stereocenters. The van der Waals surface area contributed by atoms with Gasteiger partial charge in [-0.25, -0.2) is 8.78 Å². The molecule has 86 valence electrons. The van der Waals surface area contributed by atoms with Gasteiger partial charge in [0.15, 0.2) is 0 Å². The lowest BCUT2D eigenvalue weighted by Gasteiger charge is -2.20. The number of ketones is 1. The Balaban J connectivity index is 2.05. The lowest BCUT2D eigenvalue weighted by Crippen LogP contribution is -2.16. The van der Waals surface area contributed by atoms with Crippen molar-refractivity contribution in [2.45, 2.75) is 35.8 Å². The summed E-state index contributed by atoms with van der Waals surface area (Å²) in [6.07, 6.45) is 2.94. The van der Waals surface area contributed by atoms with E-state index in [-0.39, 0.29) is 11.0 Å². The number of carbonyl (C=O) groups is 1. The molecule has 16 heavy (non-hydrogen) atoms. The molecule has 0 bridgehead atoms. The number of hydrogen-bond acceptors (Lipinski definition) is 2. The highest BCUT2D eigenvalue weighted by Gasteiger charge is 2.21. The Labute approximate surface area is 97.2 Å². The smallest absolute Gasteiger partial charge is 0.139 e. The maximum Gasteiger partial charge on any atom is 0.139 e. The van der Waals surface area contributed by atoms with Gasteiger partial charge in [0.05, 0.1) is 0 Å². The molecule has 1 fully saturated rings. The Morgan fingerprint density at radius 1 is 1.31 bits per heavy atom. The summed E-state index contributed by atoms with van der Waals surface area (Å²) in [6.45, 7) is 0. The molecular formula is C12H12F2OS. The fraction of sp³-hybridized carbons (Fsp3) is 0.417. The predicted molar refractivity (Wildman–Crippen MR) is 59.5 cm³/mol. The number of thioether (sulfide) groups is 1. The van der Waals surface area contributed by atoms with Gasteiger partial charge in [-0.15, -0.1) is 11.8 Å². The molecule has 1 aliphatic rings. The fourth-order valence-corrected chi connectivity index (χ4v) is 3.07. The van der Waals surface area contributed by atoms with Crippen LogP contribution in [0.1, 0.15) is 25.7 Å². The van der Waals surface area contributed by atoms with Crippen LogP contribution in [0.15, 0.2) is 23.1 Å². The van der Waals surface area contributed by atoms with E-state index in [1.165, 1.54) is 23.9 Å². The molecule has 0 amide bonds. The Morgan fingerprint density at radius 3 is 2.81 bits per heavy atom. The molecule has 0 aliphatic heterocycles. The molecule has 1 unspecified atom stereocenters. The van der Waals surface area contributed by atoms with E-state index in [0.717, 1.165) is 18.9 Å². The van der Waals surface area contributed by atoms with Gasteiger partial charge < -0.3 is 0 Å². The molecule has 0 aromatic heterocycles. The van der Waals surface area contributed by atoms with Gasteiger partial charge in [-0.1, -0.05) is 0 Å². The van der Waals surface area contributed by atoms with Crippen LogP contribution in [0.3, 0.4) is 0 Å². The Bertz CT molecular complexity index is 406. The lowest BCUT2D eigenvalue weighted by atomic mass is 9.99. The standard InChI is InChI=1S/C12H12F2OS/c13-8-4-5-12(11(14)6-8)16-10-3-1-2-9(15)7-10/h4-6,10H,1-3,7H2. The van der Waals surface area contributed by atoms with Gasteiger partial charge >= 0.3 is 0 Å². The minimum absolute atomic E-state index is 0.140. The molecule has 1 aromatic carbocycles. The van der Waals surface area contributed by atoms with Crippen molar-refractivity contribution in [3.05, 3.63) is 29.8 Å². The Kier molecular flexibility index (Phi) is 3.59. The first kappa shape index (κ1) is 11.6. The predicted octanol–water partition coefficient (Wildman–Crippen LogP) is 3.57. The van der Waals surface area contributed by atoms with Crippen LogP contribution in [0.4, 0.5) is 8.78 Å². The summed E-state index contributed by atoms with van der Waals surface area (Å²) >= 11 is 1.34. The van der Waals surface area contributed by atoms with E-state index < -0.39 is 11.6 Å². The van der Waals surface area contributed by atoms with Crippen molar-refractivity contribution in [3.63, 3.8) is 0 Å². The normalized spacial score (nSPS) is 21.1. The van der Waals surface area contributed by atoms with E-state index in [0.29, 0.717) is 17.7 Å². The average molecular weight is 242 g/mol. The van der Waals surface area contributed by atoms with Gasteiger partial charge in [0.2, 0.25) is 0 Å². The van der Waals surface area contributed by atoms with Crippen LogP contribution in [-0.2, 0) is 4.79 Å². The number of Topliss-reactive ketones (excluding diaryl/α,β-unsaturated/α-hetero) is 1. The van der Waals surface area contributed by atoms with Crippen molar-refractivity contribution >= 4 is 17.5 Å². The van der Waals surface area contributed by atoms with Gasteiger partial charge in [-0.05, 0) is 25.0 Å². The second kappa shape index (κ2) is 4.95. The first-order valence-electron chi connectivity index (χ1n) is 5.28. The zero-order valence-corrected chi connectivity index (χ0v) is 9.53. The van der Waals surface area contributed by atoms with E-state index in [4.69, 9.17) is 0 Å². The Morgan fingerprint density at radius 2 is 2.12 bits per heavy atom. The quantitative estimate of drug-likeness (QED) is 0.788. The summed E-state index contributed by atoms with van der Waals surface area (Å²) in [5.74, 6) is -0.865. The van der Waals surface area contributed by atoms with Gasteiger partial charge in [-0.3, -0.25) is 4.79 Å². The molecule has 1 nitrogen and oxygen atoms in total. The SMILES string of the molecule is O=C1CCCC(Sc2ccc(F)cc2F)C1. The van der Waals surface area contributed by atoms with E-state index in [2.05, 4.69) is 0 Å². The summed E-state index contributed by atoms with van der Waals surface area (Å²) < 4.78 is 26.0. The van der Waals surface area contributed by atoms with Gasteiger partial charge in [0.1, 0.15) is 17.4 Å². The summed E-state index contributed by atoms with van der Waals surface area (Å²) in [7, 11) is 0. The molecule has 0 saturated heterocycles. The maximum atomic E-state index is 13.4. The molecular weight excluding hydrogens is 230 g/mol. The monoisotopic (exact) mass is 242 g/mol. The largest absolute Gasteiger partial charge is 0.300 e. The molecule has 0 N–H and O–H groups in total. The van der Waals surface area contributed by atoms with Crippen LogP contribution < -0.4 is 0 Å². The highest BCUT2D eigenvalue weighted by Crippen LogP contribution is 2.33. The number of rotatable bonds is 2. The second-order valence-corrected chi connectivity index (χ2v) is 5.29. The van der Waals surface area contributed by atoms with E-state index >= 15 is 0 Å². The van der Waals surface area contributed by atoms with Crippen molar-refractivity contribution < 1.29 is 13.6 Å². The van der Waals surface area contributed by atoms with Crippen LogP contribution in [-0.4, -0.2) is 11.0 Å². The summed E-state index contributed by atoms with van der Waals surface area (Å²) in [5, 5.41) is 0.140. The first-order valence-corrected chi connectivity index (χ1v) is 6.16. The maximum absolute atomic E-state index is 13.4. The second-order valence-electron chi connectivity index (χ2n) is 3.95. The zero-order chi connectivity index (χ0) is 11.5. The number of halogens is 2. The van der Waals surface area contributed by atoms with Gasteiger partial charge in [-0.2, -0.15) is 0 Å². The number of hydrogen-bond donors (Lipinski definition) is 0. The minimum Gasteiger partial charge on any atom is -0.300 e. The zero-order valence-electron chi connectivity index (χ0n) is 8.71. The Hall–Kier alpha value is -0.900. The molecule has 1 aliphatic carbocycles. The van der Waals surface area contributed by atoms with Crippen LogP contribution in [0.2, 0.25) is 0 Å². The minimum atomic E-state index is -0.568. The van der Waals surface area contributed by atoms with Crippen LogP contribution in [0.5, 0.6) is 0 Å². The summed E-state index contributed by atoms with van der Waals surface area (Å²) in [6, 6.07) is 3.57. The third-order valence-electron chi connectivity index (χ3n) is 2.62. The molecule has 0 spiro atoms. The van der Waals surface area contributed by atoms with Crippen molar-refractivity contribution in [2.24, 2.45) is 0 Å².